The molecule has 1 aromatic carbocycles. The molecule has 0 aliphatic carbocycles. The Kier molecular flexibility index (Phi) is 9.95. The number of likely N-dealkylation sites (tertiary alicyclic amines) is 1. The molecule has 3 rings (SSSR count). The number of hydrogen-bond donors (Lipinski definition) is 2. The third-order valence-corrected chi connectivity index (χ3v) is 8.01. The number of likely N-dealkylation sites (N-methyl/N-ethyl adjacent to an activating group) is 2. The summed E-state index contributed by atoms with van der Waals surface area (Å²) in [6.07, 6.45) is 5.38. The number of carbonyl (C=O) groups excluding carboxylic acids is 3. The number of alkyl halides is 2. The quantitative estimate of drug-likeness (QED) is 0.355. The van der Waals surface area contributed by atoms with E-state index >= 15 is 0 Å². The highest BCUT2D eigenvalue weighted by molar-refractivity contribution is 8.05. The number of nitrogens with zero attached hydrogens (tertiary/aromatic N) is 4. The van der Waals surface area contributed by atoms with Gasteiger partial charge in [-0.05, 0) is 45.0 Å². The molecule has 2 aliphatic heterocycles. The molecule has 0 radical (unpaired) electrons. The van der Waals surface area contributed by atoms with Crippen LogP contribution in [-0.4, -0.2) is 78.6 Å². The molecule has 2 heterocycles. The van der Waals surface area contributed by atoms with Gasteiger partial charge in [0.1, 0.15) is 5.37 Å². The molecule has 0 aromatic heterocycles. The predicted octanol–water partition coefficient (Wildman–Crippen LogP) is 2.83. The Morgan fingerprint density at radius 3 is 2.77 bits per heavy atom. The first kappa shape index (κ1) is 29.9. The minimum Gasteiger partial charge on any atom is -0.358 e. The Bertz CT molecular complexity index is 1220. The molecular weight excluding hydrogens is 526 g/mol. The van der Waals surface area contributed by atoms with E-state index in [1.807, 2.05) is 6.07 Å². The number of anilines is 2. The van der Waals surface area contributed by atoms with Gasteiger partial charge in [0.2, 0.25) is 11.8 Å². The van der Waals surface area contributed by atoms with E-state index in [-0.39, 0.29) is 31.3 Å². The summed E-state index contributed by atoms with van der Waals surface area (Å²) in [6.45, 7) is 3.68. The van der Waals surface area contributed by atoms with Gasteiger partial charge in [0, 0.05) is 37.1 Å². The van der Waals surface area contributed by atoms with Crippen molar-refractivity contribution in [3.63, 3.8) is 0 Å². The van der Waals surface area contributed by atoms with Gasteiger partial charge in [-0.1, -0.05) is 23.7 Å². The van der Waals surface area contributed by atoms with E-state index in [0.29, 0.717) is 41.5 Å². The van der Waals surface area contributed by atoms with E-state index in [2.05, 4.69) is 16.6 Å². The van der Waals surface area contributed by atoms with Crippen LogP contribution in [0.1, 0.15) is 26.7 Å². The monoisotopic (exact) mass is 558 g/mol. The summed E-state index contributed by atoms with van der Waals surface area (Å²) < 4.78 is 27.5. The van der Waals surface area contributed by atoms with E-state index in [1.165, 1.54) is 14.7 Å². The molecule has 1 aromatic rings. The van der Waals surface area contributed by atoms with Crippen molar-refractivity contribution in [2.75, 3.05) is 50.0 Å². The largest absolute Gasteiger partial charge is 0.358 e. The molecule has 3 amide bonds. The van der Waals surface area contributed by atoms with Crippen LogP contribution in [0.5, 0.6) is 0 Å². The van der Waals surface area contributed by atoms with Crippen LogP contribution in [0.2, 0.25) is 0 Å². The summed E-state index contributed by atoms with van der Waals surface area (Å²) in [6, 6.07) is 8.94. The highest BCUT2D eigenvalue weighted by Crippen LogP contribution is 2.40. The Morgan fingerprint density at radius 1 is 1.38 bits per heavy atom. The standard InChI is InChI=1S/C27H32F2N6O3S/c1-5-12-31-24(37)21(15-30)26-35(6-2)25(38)23(39-26)18(3)32-19-9-7-10-20(14-19)33(4)22(36)16-34-13-8-11-27(28,29)17-34/h1,7,9-10,14,21,26,32H,6,8,11-13,16-17H2,2-4H3,(H,31,37)/b23-18+/t21?,26-/m0/s1. The second-order valence-electron chi connectivity index (χ2n) is 9.38. The van der Waals surface area contributed by atoms with Crippen LogP contribution in [0, 0.1) is 29.6 Å². The number of nitriles is 1. The van der Waals surface area contributed by atoms with Gasteiger partial charge in [-0.2, -0.15) is 5.26 Å². The van der Waals surface area contributed by atoms with Gasteiger partial charge < -0.3 is 20.4 Å². The minimum atomic E-state index is -2.78. The fraction of sp³-hybridized carbons (Fsp3) is 0.481. The number of amides is 3. The molecule has 2 N–H and O–H groups in total. The lowest BCUT2D eigenvalue weighted by atomic mass is 10.1. The number of nitrogens with one attached hydrogen (secondary N) is 2. The van der Waals surface area contributed by atoms with Gasteiger partial charge in [0.15, 0.2) is 5.92 Å². The summed E-state index contributed by atoms with van der Waals surface area (Å²) in [4.78, 5) is 43.2. The first-order chi connectivity index (χ1) is 18.5. The number of thioether (sulfide) groups is 1. The van der Waals surface area contributed by atoms with Crippen LogP contribution in [0.15, 0.2) is 34.9 Å². The number of terminal acetylenes is 1. The first-order valence-electron chi connectivity index (χ1n) is 12.5. The first-order valence-corrected chi connectivity index (χ1v) is 13.4. The molecule has 1 unspecified atom stereocenters. The Hall–Kier alpha value is -3.61. The second-order valence-corrected chi connectivity index (χ2v) is 10.5. The highest BCUT2D eigenvalue weighted by Gasteiger charge is 2.44. The Balaban J connectivity index is 1.73. The summed E-state index contributed by atoms with van der Waals surface area (Å²) >= 11 is 1.14. The highest BCUT2D eigenvalue weighted by atomic mass is 32.2. The van der Waals surface area contributed by atoms with Gasteiger partial charge in [-0.25, -0.2) is 8.78 Å². The SMILES string of the molecule is C#CCNC(=O)C(C#N)[C@@H]1S/C(=C(\C)Nc2cccc(N(C)C(=O)CN3CCCC(F)(F)C3)c2)C(=O)N1CC. The normalized spacial score (nSPS) is 20.9. The second kappa shape index (κ2) is 13.0. The summed E-state index contributed by atoms with van der Waals surface area (Å²) in [5.41, 5.74) is 1.68. The number of allylic oxidation sites excluding steroid dienone is 1. The fourth-order valence-electron chi connectivity index (χ4n) is 4.49. The molecule has 0 spiro atoms. The lowest BCUT2D eigenvalue weighted by Gasteiger charge is -2.32. The van der Waals surface area contributed by atoms with E-state index in [4.69, 9.17) is 6.42 Å². The van der Waals surface area contributed by atoms with Crippen LogP contribution in [0.4, 0.5) is 20.2 Å². The number of hydrogen-bond acceptors (Lipinski definition) is 7. The summed E-state index contributed by atoms with van der Waals surface area (Å²) in [5.74, 6) is -2.76. The lowest BCUT2D eigenvalue weighted by molar-refractivity contribution is -0.129. The predicted molar refractivity (Wildman–Crippen MR) is 147 cm³/mol. The Labute approximate surface area is 231 Å². The molecule has 2 saturated heterocycles. The molecule has 208 valence electrons. The fourth-order valence-corrected chi connectivity index (χ4v) is 5.87. The molecule has 0 saturated carbocycles. The maximum absolute atomic E-state index is 13.7. The third-order valence-electron chi connectivity index (χ3n) is 6.52. The molecule has 2 atom stereocenters. The van der Waals surface area contributed by atoms with E-state index in [0.717, 1.165) is 11.8 Å². The van der Waals surface area contributed by atoms with Gasteiger partial charge in [0.25, 0.3) is 11.8 Å². The third kappa shape index (κ3) is 7.28. The molecule has 2 aliphatic rings. The number of benzene rings is 1. The average molecular weight is 559 g/mol. The van der Waals surface area contributed by atoms with Crippen LogP contribution in [0.3, 0.4) is 0 Å². The summed E-state index contributed by atoms with van der Waals surface area (Å²) in [5, 5.41) is 14.6. The number of rotatable bonds is 9. The maximum atomic E-state index is 13.7. The maximum Gasteiger partial charge on any atom is 0.263 e. The average Bonchev–Trinajstić information content (AvgIpc) is 3.22. The molecule has 12 heteroatoms. The van der Waals surface area contributed by atoms with Gasteiger partial charge in [0.05, 0.1) is 30.6 Å². The van der Waals surface area contributed by atoms with Crippen molar-refractivity contribution in [3.05, 3.63) is 34.9 Å². The topological polar surface area (TPSA) is 109 Å². The van der Waals surface area contributed by atoms with Crippen molar-refractivity contribution in [2.45, 2.75) is 38.0 Å². The van der Waals surface area contributed by atoms with Gasteiger partial charge in [-0.3, -0.25) is 19.3 Å². The van der Waals surface area contributed by atoms with E-state index in [1.54, 1.807) is 45.2 Å². The number of carbonyl (C=O) groups is 3. The number of piperidine rings is 1. The van der Waals surface area contributed by atoms with Crippen LogP contribution in [0.25, 0.3) is 0 Å². The van der Waals surface area contributed by atoms with E-state index in [9.17, 15) is 28.4 Å². The zero-order valence-corrected chi connectivity index (χ0v) is 23.0. The van der Waals surface area contributed by atoms with Crippen molar-refractivity contribution < 1.29 is 23.2 Å². The lowest BCUT2D eigenvalue weighted by Crippen LogP contribution is -2.47. The minimum absolute atomic E-state index is 0.0183. The molecular formula is C27H32F2N6O3S. The van der Waals surface area contributed by atoms with E-state index < -0.39 is 29.7 Å². The zero-order chi connectivity index (χ0) is 28.7. The van der Waals surface area contributed by atoms with Gasteiger partial charge in [-0.15, -0.1) is 6.42 Å². The Morgan fingerprint density at radius 2 is 2.13 bits per heavy atom. The van der Waals surface area contributed by atoms with Crippen molar-refractivity contribution >= 4 is 40.9 Å². The molecule has 0 bridgehead atoms. The molecule has 9 nitrogen and oxygen atoms in total. The van der Waals surface area contributed by atoms with Crippen molar-refractivity contribution in [2.24, 2.45) is 5.92 Å². The van der Waals surface area contributed by atoms with Crippen LogP contribution < -0.4 is 15.5 Å². The smallest absolute Gasteiger partial charge is 0.263 e. The van der Waals surface area contributed by atoms with Gasteiger partial charge >= 0.3 is 0 Å². The van der Waals surface area contributed by atoms with Crippen molar-refractivity contribution in [1.29, 1.82) is 5.26 Å². The van der Waals surface area contributed by atoms with Crippen LogP contribution in [-0.2, 0) is 14.4 Å². The van der Waals surface area contributed by atoms with Crippen molar-refractivity contribution in [1.82, 2.24) is 15.1 Å². The summed E-state index contributed by atoms with van der Waals surface area (Å²) in [7, 11) is 1.59. The van der Waals surface area contributed by atoms with Crippen molar-refractivity contribution in [3.8, 4) is 18.4 Å². The zero-order valence-electron chi connectivity index (χ0n) is 22.2. The molecule has 2 fully saturated rings. The molecule has 39 heavy (non-hydrogen) atoms. The van der Waals surface area contributed by atoms with Crippen LogP contribution >= 0.6 is 11.8 Å². The number of halogens is 2.